The second-order valence-electron chi connectivity index (χ2n) is 6.56. The molecule has 5 heteroatoms. The van der Waals surface area contributed by atoms with E-state index in [2.05, 4.69) is 0 Å². The normalized spacial score (nSPS) is 10.6. The Morgan fingerprint density at radius 3 is 2.10 bits per heavy atom. The first kappa shape index (κ1) is 20.9. The van der Waals surface area contributed by atoms with Crippen molar-refractivity contribution in [3.63, 3.8) is 0 Å². The summed E-state index contributed by atoms with van der Waals surface area (Å²) in [5.74, 6) is 0.369. The minimum atomic E-state index is -0.596. The molecule has 0 aliphatic carbocycles. The molecule has 0 radical (unpaired) electrons. The summed E-state index contributed by atoms with van der Waals surface area (Å²) < 4.78 is 16.0. The number of carbonyl (C=O) groups excluding carboxylic acids is 2. The average molecular weight is 402 g/mol. The van der Waals surface area contributed by atoms with Crippen molar-refractivity contribution in [3.8, 4) is 17.2 Å². The molecule has 0 aliphatic heterocycles. The van der Waals surface area contributed by atoms with E-state index in [0.29, 0.717) is 22.8 Å². The first-order valence-electron chi connectivity index (χ1n) is 9.34. The number of allylic oxidation sites excluding steroid dienone is 1. The highest BCUT2D eigenvalue weighted by Crippen LogP contribution is 2.29. The highest BCUT2D eigenvalue weighted by molar-refractivity contribution is 6.06. The van der Waals surface area contributed by atoms with Crippen molar-refractivity contribution in [2.24, 2.45) is 0 Å². The monoisotopic (exact) mass is 402 g/mol. The van der Waals surface area contributed by atoms with Crippen molar-refractivity contribution in [1.82, 2.24) is 0 Å². The fourth-order valence-corrected chi connectivity index (χ4v) is 2.88. The lowest BCUT2D eigenvalue weighted by molar-refractivity contribution is 0.0727. The van der Waals surface area contributed by atoms with Gasteiger partial charge in [-0.05, 0) is 42.8 Å². The Bertz CT molecular complexity index is 1060. The summed E-state index contributed by atoms with van der Waals surface area (Å²) in [7, 11) is 2.95. The molecule has 5 nitrogen and oxygen atoms in total. The van der Waals surface area contributed by atoms with Gasteiger partial charge in [0.25, 0.3) is 0 Å². The van der Waals surface area contributed by atoms with Gasteiger partial charge in [0.1, 0.15) is 22.8 Å². The Labute approximate surface area is 175 Å². The number of hydrogen-bond acceptors (Lipinski definition) is 5. The first-order valence-corrected chi connectivity index (χ1v) is 9.34. The molecule has 0 heterocycles. The van der Waals surface area contributed by atoms with Gasteiger partial charge >= 0.3 is 5.97 Å². The molecule has 0 saturated heterocycles. The molecule has 0 bridgehead atoms. The minimum Gasteiger partial charge on any atom is -0.496 e. The summed E-state index contributed by atoms with van der Waals surface area (Å²) in [5, 5.41) is 0. The number of esters is 1. The van der Waals surface area contributed by atoms with Gasteiger partial charge < -0.3 is 14.2 Å². The molecule has 0 fully saturated rings. The van der Waals surface area contributed by atoms with Crippen molar-refractivity contribution in [2.75, 3.05) is 14.2 Å². The van der Waals surface area contributed by atoms with Crippen LogP contribution in [0.2, 0.25) is 0 Å². The summed E-state index contributed by atoms with van der Waals surface area (Å²) in [6, 6.07) is 19.3. The molecule has 0 spiro atoms. The van der Waals surface area contributed by atoms with Crippen LogP contribution in [0.5, 0.6) is 17.2 Å². The van der Waals surface area contributed by atoms with E-state index < -0.39 is 5.97 Å². The van der Waals surface area contributed by atoms with Crippen LogP contribution < -0.4 is 14.2 Å². The van der Waals surface area contributed by atoms with Crippen LogP contribution in [-0.4, -0.2) is 26.0 Å². The van der Waals surface area contributed by atoms with Gasteiger partial charge in [0.15, 0.2) is 5.78 Å². The molecule has 0 aliphatic rings. The van der Waals surface area contributed by atoms with Gasteiger partial charge in [-0.1, -0.05) is 54.1 Å². The lowest BCUT2D eigenvalue weighted by Crippen LogP contribution is -2.12. The van der Waals surface area contributed by atoms with Crippen molar-refractivity contribution >= 4 is 17.8 Å². The molecule has 0 amide bonds. The van der Waals surface area contributed by atoms with Crippen LogP contribution in [-0.2, 0) is 0 Å². The van der Waals surface area contributed by atoms with E-state index in [9.17, 15) is 9.59 Å². The van der Waals surface area contributed by atoms with Crippen LogP contribution in [0.3, 0.4) is 0 Å². The van der Waals surface area contributed by atoms with Crippen LogP contribution in [0.25, 0.3) is 6.08 Å². The molecule has 0 atom stereocenters. The van der Waals surface area contributed by atoms with Crippen molar-refractivity contribution in [3.05, 3.63) is 95.1 Å². The van der Waals surface area contributed by atoms with E-state index in [1.807, 2.05) is 25.1 Å². The van der Waals surface area contributed by atoms with Gasteiger partial charge in [-0.15, -0.1) is 0 Å². The molecule has 30 heavy (non-hydrogen) atoms. The van der Waals surface area contributed by atoms with Crippen molar-refractivity contribution in [1.29, 1.82) is 0 Å². The first-order chi connectivity index (χ1) is 14.5. The SMILES string of the molecule is COc1cccc(OC)c1C(=O)Oc1cccc(/C=C/C(=O)c2ccc(C)cc2)c1. The molecule has 3 aromatic carbocycles. The third-order valence-corrected chi connectivity index (χ3v) is 4.46. The standard InChI is InChI=1S/C25H22O5/c1-17-10-13-19(14-11-17)21(26)15-12-18-6-4-7-20(16-18)30-25(27)24-22(28-2)8-5-9-23(24)29-3/h4-16H,1-3H3/b15-12+. The van der Waals surface area contributed by atoms with Crippen molar-refractivity contribution in [2.45, 2.75) is 6.92 Å². The quantitative estimate of drug-likeness (QED) is 0.237. The topological polar surface area (TPSA) is 61.8 Å². The van der Waals surface area contributed by atoms with Crippen LogP contribution >= 0.6 is 0 Å². The van der Waals surface area contributed by atoms with E-state index in [-0.39, 0.29) is 11.3 Å². The highest BCUT2D eigenvalue weighted by atomic mass is 16.5. The van der Waals surface area contributed by atoms with Gasteiger partial charge in [0.05, 0.1) is 14.2 Å². The number of ketones is 1. The number of benzene rings is 3. The Kier molecular flexibility index (Phi) is 6.65. The summed E-state index contributed by atoms with van der Waals surface area (Å²) in [5.41, 5.74) is 2.64. The number of methoxy groups -OCH3 is 2. The van der Waals surface area contributed by atoms with E-state index in [0.717, 1.165) is 11.1 Å². The third-order valence-electron chi connectivity index (χ3n) is 4.46. The molecule has 0 N–H and O–H groups in total. The Balaban J connectivity index is 1.77. The second kappa shape index (κ2) is 9.56. The maximum atomic E-state index is 12.7. The Morgan fingerprint density at radius 2 is 1.47 bits per heavy atom. The summed E-state index contributed by atoms with van der Waals surface area (Å²) in [6.45, 7) is 1.97. The minimum absolute atomic E-state index is 0.101. The van der Waals surface area contributed by atoms with Gasteiger partial charge in [-0.25, -0.2) is 4.79 Å². The molecule has 0 aromatic heterocycles. The Morgan fingerprint density at radius 1 is 0.833 bits per heavy atom. The van der Waals surface area contributed by atoms with Crippen molar-refractivity contribution < 1.29 is 23.8 Å². The van der Waals surface area contributed by atoms with E-state index in [1.54, 1.807) is 54.6 Å². The van der Waals surface area contributed by atoms with E-state index >= 15 is 0 Å². The maximum Gasteiger partial charge on any atom is 0.351 e. The molecule has 0 unspecified atom stereocenters. The molecule has 152 valence electrons. The molecular formula is C25H22O5. The third kappa shape index (κ3) is 4.94. The zero-order valence-electron chi connectivity index (χ0n) is 17.0. The predicted octanol–water partition coefficient (Wildman–Crippen LogP) is 5.13. The van der Waals surface area contributed by atoms with Crippen LogP contribution in [0, 0.1) is 6.92 Å². The van der Waals surface area contributed by atoms with Crippen LogP contribution in [0.4, 0.5) is 0 Å². The fraction of sp³-hybridized carbons (Fsp3) is 0.120. The highest BCUT2D eigenvalue weighted by Gasteiger charge is 2.20. The zero-order valence-corrected chi connectivity index (χ0v) is 17.0. The zero-order chi connectivity index (χ0) is 21.5. The Hall–Kier alpha value is -3.86. The molecular weight excluding hydrogens is 380 g/mol. The summed E-state index contributed by atoms with van der Waals surface area (Å²) in [4.78, 5) is 25.0. The predicted molar refractivity (Wildman–Crippen MR) is 115 cm³/mol. The second-order valence-corrected chi connectivity index (χ2v) is 6.56. The number of ether oxygens (including phenoxy) is 3. The van der Waals surface area contributed by atoms with Gasteiger partial charge in [-0.3, -0.25) is 4.79 Å². The van der Waals surface area contributed by atoms with Gasteiger partial charge in [-0.2, -0.15) is 0 Å². The lowest BCUT2D eigenvalue weighted by atomic mass is 10.1. The van der Waals surface area contributed by atoms with Crippen LogP contribution in [0.1, 0.15) is 31.8 Å². The lowest BCUT2D eigenvalue weighted by Gasteiger charge is -2.12. The van der Waals surface area contributed by atoms with Gasteiger partial charge in [0, 0.05) is 5.56 Å². The fourth-order valence-electron chi connectivity index (χ4n) is 2.88. The van der Waals surface area contributed by atoms with Crippen LogP contribution in [0.15, 0.2) is 72.8 Å². The number of rotatable bonds is 7. The average Bonchev–Trinajstić information content (AvgIpc) is 2.77. The summed E-state index contributed by atoms with van der Waals surface area (Å²) >= 11 is 0. The smallest absolute Gasteiger partial charge is 0.351 e. The van der Waals surface area contributed by atoms with Gasteiger partial charge in [0.2, 0.25) is 0 Å². The number of carbonyl (C=O) groups is 2. The molecule has 0 saturated carbocycles. The summed E-state index contributed by atoms with van der Waals surface area (Å²) in [6.07, 6.45) is 3.18. The van der Waals surface area contributed by atoms with E-state index in [1.165, 1.54) is 20.3 Å². The number of aryl methyl sites for hydroxylation is 1. The van der Waals surface area contributed by atoms with E-state index in [4.69, 9.17) is 14.2 Å². The number of hydrogen-bond donors (Lipinski definition) is 0. The molecule has 3 rings (SSSR count). The maximum absolute atomic E-state index is 12.7. The largest absolute Gasteiger partial charge is 0.496 e. The molecule has 3 aromatic rings.